The molecule has 1 aromatic carbocycles. The van der Waals surface area contributed by atoms with Gasteiger partial charge in [0.05, 0.1) is 19.1 Å². The van der Waals surface area contributed by atoms with Crippen LogP contribution in [0.25, 0.3) is 0 Å². The first-order valence-corrected chi connectivity index (χ1v) is 8.64. The van der Waals surface area contributed by atoms with Crippen molar-refractivity contribution < 1.29 is 14.2 Å². The van der Waals surface area contributed by atoms with Crippen molar-refractivity contribution >= 4 is 43.2 Å². The molecule has 0 atom stereocenters. The van der Waals surface area contributed by atoms with Gasteiger partial charge in [-0.1, -0.05) is 15.9 Å². The first kappa shape index (κ1) is 15.7. The van der Waals surface area contributed by atoms with Crippen LogP contribution in [-0.2, 0) is 11.9 Å². The van der Waals surface area contributed by atoms with Crippen molar-refractivity contribution in [3.63, 3.8) is 0 Å². The molecule has 0 spiro atoms. The molecule has 20 heavy (non-hydrogen) atoms. The van der Waals surface area contributed by atoms with Crippen LogP contribution in [0, 0.1) is 0 Å². The number of rotatable bonds is 6. The summed E-state index contributed by atoms with van der Waals surface area (Å²) in [6.07, 6.45) is 0. The van der Waals surface area contributed by atoms with Gasteiger partial charge in [0.1, 0.15) is 6.61 Å². The van der Waals surface area contributed by atoms with E-state index < -0.39 is 0 Å². The summed E-state index contributed by atoms with van der Waals surface area (Å²) < 4.78 is 17.7. The zero-order valence-corrected chi connectivity index (χ0v) is 15.1. The van der Waals surface area contributed by atoms with Crippen LogP contribution >= 0.6 is 43.2 Å². The van der Waals surface area contributed by atoms with Gasteiger partial charge in [-0.25, -0.2) is 0 Å². The van der Waals surface area contributed by atoms with E-state index in [-0.39, 0.29) is 0 Å². The summed E-state index contributed by atoms with van der Waals surface area (Å²) in [6.45, 7) is 0.471. The fraction of sp³-hybridized carbons (Fsp3) is 0.286. The minimum Gasteiger partial charge on any atom is -0.493 e. The largest absolute Gasteiger partial charge is 0.493 e. The van der Waals surface area contributed by atoms with E-state index in [9.17, 15) is 0 Å². The summed E-state index contributed by atoms with van der Waals surface area (Å²) >= 11 is 8.57. The second-order valence-corrected chi connectivity index (χ2v) is 6.36. The van der Waals surface area contributed by atoms with Crippen LogP contribution in [0.2, 0.25) is 0 Å². The van der Waals surface area contributed by atoms with Gasteiger partial charge < -0.3 is 14.2 Å². The number of methoxy groups -OCH3 is 2. The molecule has 0 radical (unpaired) electrons. The summed E-state index contributed by atoms with van der Waals surface area (Å²) in [5, 5.41) is 2.75. The number of thiophene rings is 1. The molecule has 0 aliphatic rings. The Morgan fingerprint density at radius 2 is 1.80 bits per heavy atom. The van der Waals surface area contributed by atoms with E-state index in [1.165, 1.54) is 0 Å². The van der Waals surface area contributed by atoms with E-state index in [1.807, 2.05) is 23.6 Å². The fourth-order valence-electron chi connectivity index (χ4n) is 1.72. The highest BCUT2D eigenvalue weighted by Gasteiger charge is 2.15. The molecule has 0 aliphatic carbocycles. The van der Waals surface area contributed by atoms with E-state index in [0.717, 1.165) is 20.2 Å². The lowest BCUT2D eigenvalue weighted by Gasteiger charge is -2.15. The summed E-state index contributed by atoms with van der Waals surface area (Å²) in [5.41, 5.74) is 1.07. The maximum Gasteiger partial charge on any atom is 0.203 e. The van der Waals surface area contributed by atoms with Crippen LogP contribution in [-0.4, -0.2) is 14.2 Å². The van der Waals surface area contributed by atoms with Gasteiger partial charge in [-0.2, -0.15) is 0 Å². The van der Waals surface area contributed by atoms with Gasteiger partial charge in [-0.15, -0.1) is 11.3 Å². The monoisotopic (exact) mass is 420 g/mol. The third kappa shape index (κ3) is 3.48. The molecule has 6 heteroatoms. The molecule has 2 rings (SSSR count). The molecule has 0 bridgehead atoms. The molecule has 2 aromatic rings. The Kier molecular flexibility index (Phi) is 5.74. The number of hydrogen-bond donors (Lipinski definition) is 0. The standard InChI is InChI=1S/C14H14Br2O3S/c1-17-11-5-9(7-15)6-12(18-2)14(11)19-8-13-10(16)3-4-20-13/h3-6H,7-8H2,1-2H3. The second-order valence-electron chi connectivity index (χ2n) is 3.94. The third-order valence-electron chi connectivity index (χ3n) is 2.71. The van der Waals surface area contributed by atoms with Gasteiger partial charge in [-0.3, -0.25) is 0 Å². The minimum atomic E-state index is 0.471. The predicted molar refractivity (Wildman–Crippen MR) is 88.5 cm³/mol. The molecule has 1 heterocycles. The second kappa shape index (κ2) is 7.33. The molecule has 0 amide bonds. The van der Waals surface area contributed by atoms with Crippen molar-refractivity contribution in [2.45, 2.75) is 11.9 Å². The lowest BCUT2D eigenvalue weighted by molar-refractivity contribution is 0.267. The molecule has 0 aliphatic heterocycles. The molecule has 0 unspecified atom stereocenters. The number of hydrogen-bond acceptors (Lipinski definition) is 4. The van der Waals surface area contributed by atoms with Gasteiger partial charge in [-0.05, 0) is 45.1 Å². The Balaban J connectivity index is 2.27. The predicted octanol–water partition coefficient (Wildman–Crippen LogP) is 5.00. The Bertz CT molecular complexity index is 559. The molecule has 0 saturated carbocycles. The molecule has 1 aromatic heterocycles. The van der Waals surface area contributed by atoms with Gasteiger partial charge in [0.15, 0.2) is 11.5 Å². The van der Waals surface area contributed by atoms with Crippen molar-refractivity contribution in [2.24, 2.45) is 0 Å². The van der Waals surface area contributed by atoms with Crippen LogP contribution in [0.3, 0.4) is 0 Å². The number of halogens is 2. The minimum absolute atomic E-state index is 0.471. The quantitative estimate of drug-likeness (QED) is 0.614. The topological polar surface area (TPSA) is 27.7 Å². The molecule has 0 saturated heterocycles. The van der Waals surface area contributed by atoms with Gasteiger partial charge >= 0.3 is 0 Å². The maximum absolute atomic E-state index is 5.89. The Morgan fingerprint density at radius 3 is 2.25 bits per heavy atom. The van der Waals surface area contributed by atoms with E-state index in [0.29, 0.717) is 23.9 Å². The lowest BCUT2D eigenvalue weighted by atomic mass is 10.2. The van der Waals surface area contributed by atoms with Crippen LogP contribution < -0.4 is 14.2 Å². The van der Waals surface area contributed by atoms with Gasteiger partial charge in [0.2, 0.25) is 5.75 Å². The fourth-order valence-corrected chi connectivity index (χ4v) is 3.42. The van der Waals surface area contributed by atoms with Crippen molar-refractivity contribution in [3.05, 3.63) is 38.5 Å². The van der Waals surface area contributed by atoms with Crippen molar-refractivity contribution in [2.75, 3.05) is 14.2 Å². The Hall–Kier alpha value is -0.720. The smallest absolute Gasteiger partial charge is 0.203 e. The maximum atomic E-state index is 5.89. The number of benzene rings is 1. The van der Waals surface area contributed by atoms with E-state index in [1.54, 1.807) is 25.6 Å². The average Bonchev–Trinajstić information content (AvgIpc) is 2.89. The third-order valence-corrected chi connectivity index (χ3v) is 5.26. The summed E-state index contributed by atoms with van der Waals surface area (Å²) in [6, 6.07) is 5.89. The van der Waals surface area contributed by atoms with Gasteiger partial charge in [0, 0.05) is 9.80 Å². The normalized spacial score (nSPS) is 10.4. The molecule has 108 valence electrons. The molecule has 0 fully saturated rings. The summed E-state index contributed by atoms with van der Waals surface area (Å²) in [7, 11) is 3.25. The number of ether oxygens (including phenoxy) is 3. The highest BCUT2D eigenvalue weighted by atomic mass is 79.9. The highest BCUT2D eigenvalue weighted by Crippen LogP contribution is 2.40. The molecular formula is C14H14Br2O3S. The van der Waals surface area contributed by atoms with Crippen LogP contribution in [0.4, 0.5) is 0 Å². The average molecular weight is 422 g/mol. The van der Waals surface area contributed by atoms with Crippen molar-refractivity contribution in [1.82, 2.24) is 0 Å². The summed E-state index contributed by atoms with van der Waals surface area (Å²) in [4.78, 5) is 1.12. The summed E-state index contributed by atoms with van der Waals surface area (Å²) in [5.74, 6) is 1.97. The molecule has 0 N–H and O–H groups in total. The molecular weight excluding hydrogens is 408 g/mol. The van der Waals surface area contributed by atoms with E-state index in [2.05, 4.69) is 31.9 Å². The molecule has 3 nitrogen and oxygen atoms in total. The van der Waals surface area contributed by atoms with Crippen molar-refractivity contribution in [3.8, 4) is 17.2 Å². The van der Waals surface area contributed by atoms with Crippen LogP contribution in [0.5, 0.6) is 17.2 Å². The zero-order chi connectivity index (χ0) is 14.5. The van der Waals surface area contributed by atoms with Crippen LogP contribution in [0.15, 0.2) is 28.1 Å². The van der Waals surface area contributed by atoms with Crippen molar-refractivity contribution in [1.29, 1.82) is 0 Å². The van der Waals surface area contributed by atoms with Crippen LogP contribution in [0.1, 0.15) is 10.4 Å². The number of alkyl halides is 1. The SMILES string of the molecule is COc1cc(CBr)cc(OC)c1OCc1sccc1Br. The lowest BCUT2D eigenvalue weighted by Crippen LogP contribution is -2.00. The van der Waals surface area contributed by atoms with Gasteiger partial charge in [0.25, 0.3) is 0 Å². The first-order chi connectivity index (χ1) is 9.69. The first-order valence-electron chi connectivity index (χ1n) is 5.85. The highest BCUT2D eigenvalue weighted by molar-refractivity contribution is 9.10. The van der Waals surface area contributed by atoms with E-state index in [4.69, 9.17) is 14.2 Å². The zero-order valence-electron chi connectivity index (χ0n) is 11.1. The Labute approximate surface area is 139 Å². The Morgan fingerprint density at radius 1 is 1.15 bits per heavy atom. The van der Waals surface area contributed by atoms with E-state index >= 15 is 0 Å².